The second-order valence-electron chi connectivity index (χ2n) is 4.63. The molecule has 0 atom stereocenters. The maximum Gasteiger partial charge on any atom is 0.253 e. The van der Waals surface area contributed by atoms with E-state index >= 15 is 0 Å². The number of anilines is 1. The summed E-state index contributed by atoms with van der Waals surface area (Å²) < 4.78 is 0. The highest BCUT2D eigenvalue weighted by molar-refractivity contribution is 7.98. The summed E-state index contributed by atoms with van der Waals surface area (Å²) >= 11 is 1.37. The van der Waals surface area contributed by atoms with Crippen molar-refractivity contribution in [3.63, 3.8) is 0 Å². The number of hydrogen-bond donors (Lipinski definition) is 3. The lowest BCUT2D eigenvalue weighted by Gasteiger charge is -2.26. The molecule has 1 heterocycles. The van der Waals surface area contributed by atoms with Gasteiger partial charge in [-0.05, 0) is 31.9 Å². The van der Waals surface area contributed by atoms with Gasteiger partial charge in [-0.3, -0.25) is 4.79 Å². The SMILES string of the molecule is CSc1nc(NC2CCC(O)CC2)ncc1C(N)=O. The lowest BCUT2D eigenvalue weighted by Crippen LogP contribution is -2.29. The number of hydrogen-bond acceptors (Lipinski definition) is 6. The summed E-state index contributed by atoms with van der Waals surface area (Å²) in [5, 5.41) is 13.3. The Bertz CT molecular complexity index is 461. The van der Waals surface area contributed by atoms with E-state index in [9.17, 15) is 9.90 Å². The van der Waals surface area contributed by atoms with Crippen LogP contribution in [0.25, 0.3) is 0 Å². The molecule has 0 bridgehead atoms. The Labute approximate surface area is 116 Å². The molecule has 2 rings (SSSR count). The first kappa shape index (κ1) is 14.1. The third kappa shape index (κ3) is 3.57. The molecule has 0 radical (unpaired) electrons. The van der Waals surface area contributed by atoms with E-state index in [1.54, 1.807) is 0 Å². The van der Waals surface area contributed by atoms with Gasteiger partial charge in [-0.15, -0.1) is 11.8 Å². The van der Waals surface area contributed by atoms with E-state index in [1.807, 2.05) is 6.26 Å². The molecule has 1 aromatic heterocycles. The van der Waals surface area contributed by atoms with E-state index in [4.69, 9.17) is 5.73 Å². The fourth-order valence-electron chi connectivity index (χ4n) is 2.16. The summed E-state index contributed by atoms with van der Waals surface area (Å²) in [6.07, 6.45) is 6.51. The largest absolute Gasteiger partial charge is 0.393 e. The number of nitrogens with one attached hydrogen (secondary N) is 1. The zero-order valence-electron chi connectivity index (χ0n) is 10.8. The average molecular weight is 282 g/mol. The Balaban J connectivity index is 2.07. The molecule has 1 aliphatic rings. The molecular formula is C12H18N4O2S. The molecule has 1 fully saturated rings. The second kappa shape index (κ2) is 6.21. The molecule has 1 aliphatic carbocycles. The molecule has 4 N–H and O–H groups in total. The lowest BCUT2D eigenvalue weighted by atomic mass is 9.93. The second-order valence-corrected chi connectivity index (χ2v) is 5.43. The normalized spacial score (nSPS) is 23.1. The van der Waals surface area contributed by atoms with Gasteiger partial charge in [-0.25, -0.2) is 9.97 Å². The maximum atomic E-state index is 11.2. The van der Waals surface area contributed by atoms with E-state index in [0.717, 1.165) is 25.7 Å². The van der Waals surface area contributed by atoms with Gasteiger partial charge in [0.15, 0.2) is 0 Å². The van der Waals surface area contributed by atoms with Gasteiger partial charge in [0.05, 0.1) is 11.7 Å². The molecule has 0 aromatic carbocycles. The predicted molar refractivity (Wildman–Crippen MR) is 74.2 cm³/mol. The van der Waals surface area contributed by atoms with Crippen LogP contribution in [0, 0.1) is 0 Å². The number of amides is 1. The van der Waals surface area contributed by atoms with Crippen LogP contribution in [0.1, 0.15) is 36.0 Å². The summed E-state index contributed by atoms with van der Waals surface area (Å²) in [6, 6.07) is 0.275. The fraction of sp³-hybridized carbons (Fsp3) is 0.583. The van der Waals surface area contributed by atoms with Crippen LogP contribution >= 0.6 is 11.8 Å². The van der Waals surface area contributed by atoms with Gasteiger partial charge in [0.2, 0.25) is 5.95 Å². The molecule has 1 amide bonds. The van der Waals surface area contributed by atoms with E-state index in [-0.39, 0.29) is 12.1 Å². The van der Waals surface area contributed by atoms with Crippen molar-refractivity contribution in [3.05, 3.63) is 11.8 Å². The standard InChI is InChI=1S/C12H18N4O2S/c1-19-11-9(10(13)18)6-14-12(16-11)15-7-2-4-8(17)5-3-7/h6-8,17H,2-5H2,1H3,(H2,13,18)(H,14,15,16). The van der Waals surface area contributed by atoms with Crippen LogP contribution in [0.3, 0.4) is 0 Å². The van der Waals surface area contributed by atoms with Crippen molar-refractivity contribution in [2.75, 3.05) is 11.6 Å². The number of aromatic nitrogens is 2. The third-order valence-electron chi connectivity index (χ3n) is 3.24. The van der Waals surface area contributed by atoms with Crippen molar-refractivity contribution in [3.8, 4) is 0 Å². The number of primary amides is 1. The zero-order valence-corrected chi connectivity index (χ0v) is 11.6. The van der Waals surface area contributed by atoms with Gasteiger partial charge < -0.3 is 16.2 Å². The van der Waals surface area contributed by atoms with Crippen molar-refractivity contribution >= 4 is 23.6 Å². The highest BCUT2D eigenvalue weighted by Gasteiger charge is 2.20. The molecule has 0 saturated heterocycles. The van der Waals surface area contributed by atoms with Crippen molar-refractivity contribution in [1.29, 1.82) is 0 Å². The Kier molecular flexibility index (Phi) is 4.60. The van der Waals surface area contributed by atoms with E-state index in [1.165, 1.54) is 18.0 Å². The van der Waals surface area contributed by atoms with Gasteiger partial charge in [-0.2, -0.15) is 0 Å². The highest BCUT2D eigenvalue weighted by Crippen LogP contribution is 2.23. The van der Waals surface area contributed by atoms with Crippen LogP contribution in [0.5, 0.6) is 0 Å². The number of nitrogens with two attached hydrogens (primary N) is 1. The van der Waals surface area contributed by atoms with Crippen LogP contribution in [-0.4, -0.2) is 39.4 Å². The van der Waals surface area contributed by atoms with E-state index in [2.05, 4.69) is 15.3 Å². The zero-order chi connectivity index (χ0) is 13.8. The van der Waals surface area contributed by atoms with Crippen molar-refractivity contribution in [2.45, 2.75) is 42.9 Å². The number of carbonyl (C=O) groups is 1. The van der Waals surface area contributed by atoms with Crippen LogP contribution in [0.4, 0.5) is 5.95 Å². The molecular weight excluding hydrogens is 264 g/mol. The Hall–Kier alpha value is -1.34. The molecule has 0 aliphatic heterocycles. The summed E-state index contributed by atoms with van der Waals surface area (Å²) in [6.45, 7) is 0. The number of rotatable bonds is 4. The van der Waals surface area contributed by atoms with Gasteiger partial charge in [0.1, 0.15) is 5.03 Å². The van der Waals surface area contributed by atoms with Gasteiger partial charge >= 0.3 is 0 Å². The first-order valence-electron chi connectivity index (χ1n) is 6.25. The molecule has 0 spiro atoms. The minimum absolute atomic E-state index is 0.182. The predicted octanol–water partition coefficient (Wildman–Crippen LogP) is 1.01. The number of aliphatic hydroxyl groups excluding tert-OH is 1. The van der Waals surface area contributed by atoms with Crippen LogP contribution in [0.15, 0.2) is 11.2 Å². The summed E-state index contributed by atoms with van der Waals surface area (Å²) in [4.78, 5) is 19.6. The topological polar surface area (TPSA) is 101 Å². The smallest absolute Gasteiger partial charge is 0.253 e. The number of carbonyl (C=O) groups excluding carboxylic acids is 1. The Morgan fingerprint density at radius 1 is 1.47 bits per heavy atom. The first-order valence-corrected chi connectivity index (χ1v) is 7.48. The Morgan fingerprint density at radius 3 is 2.74 bits per heavy atom. The van der Waals surface area contributed by atoms with Crippen molar-refractivity contribution in [1.82, 2.24) is 9.97 Å². The molecule has 1 aromatic rings. The molecule has 104 valence electrons. The number of nitrogens with zero attached hydrogens (tertiary/aromatic N) is 2. The average Bonchev–Trinajstić information content (AvgIpc) is 2.41. The molecule has 19 heavy (non-hydrogen) atoms. The van der Waals surface area contributed by atoms with E-state index < -0.39 is 5.91 Å². The van der Waals surface area contributed by atoms with Crippen LogP contribution < -0.4 is 11.1 Å². The third-order valence-corrected chi connectivity index (χ3v) is 3.94. The van der Waals surface area contributed by atoms with Gasteiger partial charge in [0.25, 0.3) is 5.91 Å². The lowest BCUT2D eigenvalue weighted by molar-refractivity contribution is 0.0996. The van der Waals surface area contributed by atoms with Crippen molar-refractivity contribution < 1.29 is 9.90 Å². The molecule has 1 saturated carbocycles. The first-order chi connectivity index (χ1) is 9.10. The summed E-state index contributed by atoms with van der Waals surface area (Å²) in [7, 11) is 0. The Morgan fingerprint density at radius 2 is 2.16 bits per heavy atom. The van der Waals surface area contributed by atoms with E-state index in [0.29, 0.717) is 16.5 Å². The summed E-state index contributed by atoms with van der Waals surface area (Å²) in [5.74, 6) is -0.00701. The van der Waals surface area contributed by atoms with Crippen LogP contribution in [0.2, 0.25) is 0 Å². The molecule has 6 nitrogen and oxygen atoms in total. The van der Waals surface area contributed by atoms with Crippen molar-refractivity contribution in [2.24, 2.45) is 5.73 Å². The fourth-order valence-corrected chi connectivity index (χ4v) is 2.71. The number of thioether (sulfide) groups is 1. The minimum Gasteiger partial charge on any atom is -0.393 e. The van der Waals surface area contributed by atoms with Gasteiger partial charge in [-0.1, -0.05) is 0 Å². The summed E-state index contributed by atoms with van der Waals surface area (Å²) in [5.41, 5.74) is 5.60. The quantitative estimate of drug-likeness (QED) is 0.563. The molecule has 7 heteroatoms. The highest BCUT2D eigenvalue weighted by atomic mass is 32.2. The molecule has 0 unspecified atom stereocenters. The number of aliphatic hydroxyl groups is 1. The minimum atomic E-state index is -0.517. The monoisotopic (exact) mass is 282 g/mol. The maximum absolute atomic E-state index is 11.2. The van der Waals surface area contributed by atoms with Gasteiger partial charge in [0, 0.05) is 12.2 Å². The van der Waals surface area contributed by atoms with Crippen LogP contribution in [-0.2, 0) is 0 Å².